The Morgan fingerprint density at radius 2 is 1.75 bits per heavy atom. The van der Waals surface area contributed by atoms with Crippen LogP contribution in [0, 0.1) is 6.42 Å². The molecule has 0 saturated carbocycles. The van der Waals surface area contributed by atoms with Crippen LogP contribution in [-0.2, 0) is 0 Å². The van der Waals surface area contributed by atoms with Gasteiger partial charge in [-0.25, -0.2) is 0 Å². The van der Waals surface area contributed by atoms with Crippen molar-refractivity contribution in [3.05, 3.63) is 29.7 Å². The van der Waals surface area contributed by atoms with Gasteiger partial charge in [-0.1, -0.05) is 37.1 Å². The molecule has 0 aliphatic heterocycles. The molecule has 0 aliphatic rings. The Kier molecular flexibility index (Phi) is 6.84. The molecule has 0 unspecified atom stereocenters. The monoisotopic (exact) mass is 165 g/mol. The predicted octanol–water partition coefficient (Wildman–Crippen LogP) is 4.29. The average Bonchev–Trinajstić information content (AvgIpc) is 2.04. The quantitative estimate of drug-likeness (QED) is 0.533. The van der Waals surface area contributed by atoms with Gasteiger partial charge in [-0.3, -0.25) is 0 Å². The third-order valence-electron chi connectivity index (χ3n) is 1.95. The van der Waals surface area contributed by atoms with Gasteiger partial charge in [0, 0.05) is 0 Å². The molecule has 0 heterocycles. The molecular weight excluding hydrogens is 144 g/mol. The first-order valence-corrected chi connectivity index (χ1v) is 4.85. The van der Waals surface area contributed by atoms with Crippen molar-refractivity contribution in [2.45, 2.75) is 47.0 Å². The van der Waals surface area contributed by atoms with Gasteiger partial charge < -0.3 is 0 Å². The van der Waals surface area contributed by atoms with Crippen LogP contribution in [0.15, 0.2) is 23.3 Å². The highest BCUT2D eigenvalue weighted by Crippen LogP contribution is 2.07. The zero-order chi connectivity index (χ0) is 9.40. The molecule has 0 bridgehead atoms. The highest BCUT2D eigenvalue weighted by atomic mass is 13.9. The fourth-order valence-electron chi connectivity index (χ4n) is 0.996. The van der Waals surface area contributed by atoms with E-state index in [0.717, 1.165) is 19.3 Å². The van der Waals surface area contributed by atoms with Crippen molar-refractivity contribution in [2.24, 2.45) is 0 Å². The van der Waals surface area contributed by atoms with Crippen LogP contribution in [0.5, 0.6) is 0 Å². The third kappa shape index (κ3) is 6.21. The van der Waals surface area contributed by atoms with Crippen molar-refractivity contribution in [2.75, 3.05) is 0 Å². The van der Waals surface area contributed by atoms with Gasteiger partial charge in [0.05, 0.1) is 0 Å². The van der Waals surface area contributed by atoms with Crippen molar-refractivity contribution in [3.63, 3.8) is 0 Å². The average molecular weight is 165 g/mol. The molecule has 0 saturated heterocycles. The standard InChI is InChI=1S/C12H21/c1-5-8-12(4)10-7-9-11(3)6-2/h7-9H,5-6,10H2,1-4H3. The molecule has 0 N–H and O–H groups in total. The van der Waals surface area contributed by atoms with Crippen molar-refractivity contribution >= 4 is 0 Å². The van der Waals surface area contributed by atoms with Crippen LogP contribution < -0.4 is 0 Å². The number of hydrogen-bond donors (Lipinski definition) is 0. The smallest absolute Gasteiger partial charge is 0.0128 e. The van der Waals surface area contributed by atoms with Crippen LogP contribution in [0.1, 0.15) is 47.0 Å². The number of hydrogen-bond acceptors (Lipinski definition) is 0. The first-order valence-electron chi connectivity index (χ1n) is 4.85. The molecule has 0 atom stereocenters. The SMILES string of the molecule is CCC=C(C)C[CH]C=C(C)CC. The van der Waals surface area contributed by atoms with E-state index >= 15 is 0 Å². The summed E-state index contributed by atoms with van der Waals surface area (Å²) in [6, 6.07) is 0. The second kappa shape index (κ2) is 7.15. The van der Waals surface area contributed by atoms with Gasteiger partial charge in [-0.2, -0.15) is 0 Å². The van der Waals surface area contributed by atoms with Gasteiger partial charge in [-0.05, 0) is 39.5 Å². The second-order valence-corrected chi connectivity index (χ2v) is 3.27. The van der Waals surface area contributed by atoms with E-state index in [-0.39, 0.29) is 0 Å². The molecule has 69 valence electrons. The largest absolute Gasteiger partial charge is 0.0859 e. The normalized spacial score (nSPS) is 13.7. The first-order chi connectivity index (χ1) is 5.70. The zero-order valence-corrected chi connectivity index (χ0v) is 8.85. The molecule has 0 heteroatoms. The van der Waals surface area contributed by atoms with E-state index in [9.17, 15) is 0 Å². The van der Waals surface area contributed by atoms with E-state index in [1.54, 1.807) is 0 Å². The van der Waals surface area contributed by atoms with Crippen LogP contribution in [0.4, 0.5) is 0 Å². The van der Waals surface area contributed by atoms with Crippen molar-refractivity contribution in [1.29, 1.82) is 0 Å². The Labute approximate surface area is 77.4 Å². The lowest BCUT2D eigenvalue weighted by Crippen LogP contribution is -1.78. The summed E-state index contributed by atoms with van der Waals surface area (Å²) in [5.41, 5.74) is 2.93. The van der Waals surface area contributed by atoms with Crippen LogP contribution >= 0.6 is 0 Å². The highest BCUT2D eigenvalue weighted by molar-refractivity contribution is 5.11. The molecule has 0 aromatic rings. The molecule has 0 fully saturated rings. The van der Waals surface area contributed by atoms with Crippen molar-refractivity contribution < 1.29 is 0 Å². The highest BCUT2D eigenvalue weighted by Gasteiger charge is 1.88. The Morgan fingerprint density at radius 3 is 2.25 bits per heavy atom. The number of rotatable bonds is 5. The van der Waals surface area contributed by atoms with E-state index in [0.29, 0.717) is 0 Å². The fourth-order valence-corrected chi connectivity index (χ4v) is 0.996. The van der Waals surface area contributed by atoms with E-state index < -0.39 is 0 Å². The lowest BCUT2D eigenvalue weighted by molar-refractivity contribution is 1.06. The Hall–Kier alpha value is -0.520. The lowest BCUT2D eigenvalue weighted by atomic mass is 10.1. The van der Waals surface area contributed by atoms with Crippen LogP contribution in [0.25, 0.3) is 0 Å². The zero-order valence-electron chi connectivity index (χ0n) is 8.85. The minimum atomic E-state index is 1.10. The fraction of sp³-hybridized carbons (Fsp3) is 0.583. The van der Waals surface area contributed by atoms with Crippen LogP contribution in [0.3, 0.4) is 0 Å². The molecule has 1 radical (unpaired) electrons. The summed E-state index contributed by atoms with van der Waals surface area (Å²) in [4.78, 5) is 0. The summed E-state index contributed by atoms with van der Waals surface area (Å²) in [6.45, 7) is 8.73. The summed E-state index contributed by atoms with van der Waals surface area (Å²) in [5.74, 6) is 0. The molecule has 0 nitrogen and oxygen atoms in total. The van der Waals surface area contributed by atoms with Gasteiger partial charge in [0.2, 0.25) is 0 Å². The summed E-state index contributed by atoms with van der Waals surface area (Å²) < 4.78 is 0. The summed E-state index contributed by atoms with van der Waals surface area (Å²) >= 11 is 0. The Bertz CT molecular complexity index is 161. The van der Waals surface area contributed by atoms with Gasteiger partial charge in [0.1, 0.15) is 0 Å². The Morgan fingerprint density at radius 1 is 1.08 bits per heavy atom. The van der Waals surface area contributed by atoms with E-state index in [1.165, 1.54) is 11.1 Å². The van der Waals surface area contributed by atoms with Crippen LogP contribution in [0.2, 0.25) is 0 Å². The first kappa shape index (κ1) is 11.5. The van der Waals surface area contributed by atoms with E-state index in [4.69, 9.17) is 0 Å². The van der Waals surface area contributed by atoms with E-state index in [2.05, 4.69) is 46.3 Å². The molecule has 0 amide bonds. The third-order valence-corrected chi connectivity index (χ3v) is 1.95. The molecule has 0 aromatic heterocycles. The molecule has 0 rings (SSSR count). The van der Waals surface area contributed by atoms with Gasteiger partial charge >= 0.3 is 0 Å². The minimum absolute atomic E-state index is 1.10. The minimum Gasteiger partial charge on any atom is -0.0859 e. The summed E-state index contributed by atoms with van der Waals surface area (Å²) in [5, 5.41) is 0. The van der Waals surface area contributed by atoms with E-state index in [1.807, 2.05) is 0 Å². The van der Waals surface area contributed by atoms with Crippen molar-refractivity contribution in [3.8, 4) is 0 Å². The van der Waals surface area contributed by atoms with Gasteiger partial charge in [-0.15, -0.1) is 0 Å². The predicted molar refractivity (Wildman–Crippen MR) is 57.0 cm³/mol. The van der Waals surface area contributed by atoms with Gasteiger partial charge in [0.25, 0.3) is 0 Å². The lowest BCUT2D eigenvalue weighted by Gasteiger charge is -1.98. The second-order valence-electron chi connectivity index (χ2n) is 3.27. The van der Waals surface area contributed by atoms with Crippen LogP contribution in [-0.4, -0.2) is 0 Å². The molecule has 12 heavy (non-hydrogen) atoms. The Balaban J connectivity index is 3.62. The topological polar surface area (TPSA) is 0 Å². The molecule has 0 aromatic carbocycles. The maximum Gasteiger partial charge on any atom is -0.0128 e. The molecular formula is C12H21. The maximum absolute atomic E-state index is 2.28. The summed E-state index contributed by atoms with van der Waals surface area (Å²) in [6.07, 6.45) is 10.2. The van der Waals surface area contributed by atoms with Gasteiger partial charge in [0.15, 0.2) is 0 Å². The molecule has 0 spiro atoms. The maximum atomic E-state index is 2.28. The van der Waals surface area contributed by atoms with Crippen molar-refractivity contribution in [1.82, 2.24) is 0 Å². The molecule has 0 aliphatic carbocycles. The summed E-state index contributed by atoms with van der Waals surface area (Å²) in [7, 11) is 0. The number of allylic oxidation sites excluding steroid dienone is 4.